The van der Waals surface area contributed by atoms with Crippen molar-refractivity contribution in [2.24, 2.45) is 0 Å². The Kier molecular flexibility index (Phi) is 6.62. The lowest BCUT2D eigenvalue weighted by Crippen LogP contribution is -2.32. The molecule has 1 aromatic rings. The summed E-state index contributed by atoms with van der Waals surface area (Å²) in [5.74, 6) is 0.365. The average Bonchev–Trinajstić information content (AvgIpc) is 2.39. The molecule has 0 heterocycles. The molecular formula is C14H24N2O3. The maximum Gasteiger partial charge on any atom is 0.120 e. The second-order valence-electron chi connectivity index (χ2n) is 4.72. The highest BCUT2D eigenvalue weighted by atomic mass is 16.5. The minimum Gasteiger partial charge on any atom is -0.508 e. The topological polar surface area (TPSA) is 65.0 Å². The summed E-state index contributed by atoms with van der Waals surface area (Å²) in [6.07, 6.45) is 0. The molecule has 0 amide bonds. The molecular weight excluding hydrogens is 244 g/mol. The fourth-order valence-corrected chi connectivity index (χ4v) is 1.83. The molecule has 1 atom stereocenters. The molecule has 0 aliphatic heterocycles. The molecule has 0 fully saturated rings. The fourth-order valence-electron chi connectivity index (χ4n) is 1.83. The minimum atomic E-state index is -0.0112. The highest BCUT2D eigenvalue weighted by Crippen LogP contribution is 2.27. The third kappa shape index (κ3) is 5.46. The summed E-state index contributed by atoms with van der Waals surface area (Å²) in [4.78, 5) is 2.17. The molecule has 0 saturated heterocycles. The van der Waals surface area contributed by atoms with Crippen LogP contribution >= 0.6 is 0 Å². The van der Waals surface area contributed by atoms with Crippen LogP contribution < -0.4 is 5.32 Å². The summed E-state index contributed by atoms with van der Waals surface area (Å²) in [5, 5.41) is 22.5. The Morgan fingerprint density at radius 1 is 1.32 bits per heavy atom. The van der Waals surface area contributed by atoms with Gasteiger partial charge in [-0.2, -0.15) is 0 Å². The number of nitrogens with zero attached hydrogens (tertiary/aromatic N) is 1. The van der Waals surface area contributed by atoms with Crippen molar-refractivity contribution in [3.63, 3.8) is 0 Å². The first-order valence-electron chi connectivity index (χ1n) is 6.47. The van der Waals surface area contributed by atoms with Crippen molar-refractivity contribution in [2.45, 2.75) is 13.0 Å². The summed E-state index contributed by atoms with van der Waals surface area (Å²) in [7, 11) is 3.73. The molecule has 1 unspecified atom stereocenters. The predicted octanol–water partition coefficient (Wildman–Crippen LogP) is 1.33. The molecule has 108 valence electrons. The molecule has 0 spiro atoms. The van der Waals surface area contributed by atoms with Crippen LogP contribution in [-0.4, -0.2) is 55.5 Å². The molecule has 0 saturated carbocycles. The van der Waals surface area contributed by atoms with Crippen LogP contribution in [0.25, 0.3) is 0 Å². The zero-order valence-electron chi connectivity index (χ0n) is 11.9. The van der Waals surface area contributed by atoms with Crippen molar-refractivity contribution in [2.75, 3.05) is 40.4 Å². The summed E-state index contributed by atoms with van der Waals surface area (Å²) >= 11 is 0. The Morgan fingerprint density at radius 2 is 2.05 bits per heavy atom. The Hall–Kier alpha value is -1.30. The standard InChI is InChI=1S/C14H24N2O3/c1-11(13-10-12(17)4-5-14(13)18)15-6-7-16(2)8-9-19-3/h4-5,10-11,15,17-18H,6-9H2,1-3H3. The molecule has 19 heavy (non-hydrogen) atoms. The maximum absolute atomic E-state index is 9.75. The van der Waals surface area contributed by atoms with Gasteiger partial charge in [0.2, 0.25) is 0 Å². The first kappa shape index (κ1) is 15.8. The third-order valence-electron chi connectivity index (χ3n) is 3.10. The number of hydrogen-bond acceptors (Lipinski definition) is 5. The Morgan fingerprint density at radius 3 is 2.74 bits per heavy atom. The number of phenolic OH excluding ortho intramolecular Hbond substituents is 2. The number of ether oxygens (including phenoxy) is 1. The number of nitrogens with one attached hydrogen (secondary N) is 1. The summed E-state index contributed by atoms with van der Waals surface area (Å²) in [6.45, 7) is 5.27. The predicted molar refractivity (Wildman–Crippen MR) is 75.6 cm³/mol. The number of phenols is 2. The van der Waals surface area contributed by atoms with Crippen LogP contribution in [0.1, 0.15) is 18.5 Å². The lowest BCUT2D eigenvalue weighted by molar-refractivity contribution is 0.161. The highest BCUT2D eigenvalue weighted by molar-refractivity contribution is 5.40. The molecule has 3 N–H and O–H groups in total. The van der Waals surface area contributed by atoms with E-state index in [1.54, 1.807) is 13.2 Å². The molecule has 0 aliphatic rings. The van der Waals surface area contributed by atoms with E-state index in [1.165, 1.54) is 12.1 Å². The van der Waals surface area contributed by atoms with Crippen molar-refractivity contribution in [3.05, 3.63) is 23.8 Å². The summed E-state index contributed by atoms with van der Waals surface area (Å²) in [6, 6.07) is 4.56. The molecule has 0 bridgehead atoms. The average molecular weight is 268 g/mol. The van der Waals surface area contributed by atoms with E-state index >= 15 is 0 Å². The smallest absolute Gasteiger partial charge is 0.120 e. The Bertz CT molecular complexity index is 385. The van der Waals surface area contributed by atoms with Crippen molar-refractivity contribution in [1.82, 2.24) is 10.2 Å². The second-order valence-corrected chi connectivity index (χ2v) is 4.72. The minimum absolute atomic E-state index is 0.0112. The van der Waals surface area contributed by atoms with E-state index in [4.69, 9.17) is 4.74 Å². The van der Waals surface area contributed by atoms with Crippen LogP contribution in [-0.2, 0) is 4.74 Å². The van der Waals surface area contributed by atoms with E-state index in [1.807, 2.05) is 14.0 Å². The monoisotopic (exact) mass is 268 g/mol. The Labute approximate surface area is 114 Å². The van der Waals surface area contributed by atoms with Crippen LogP contribution in [0.2, 0.25) is 0 Å². The summed E-state index contributed by atoms with van der Waals surface area (Å²) < 4.78 is 5.02. The first-order valence-corrected chi connectivity index (χ1v) is 6.47. The molecule has 1 aromatic carbocycles. The van der Waals surface area contributed by atoms with Crippen LogP contribution in [0.5, 0.6) is 11.5 Å². The van der Waals surface area contributed by atoms with Crippen LogP contribution in [0.3, 0.4) is 0 Å². The number of rotatable bonds is 8. The number of aromatic hydroxyl groups is 2. The molecule has 0 aromatic heterocycles. The van der Waals surface area contributed by atoms with E-state index in [0.29, 0.717) is 5.56 Å². The van der Waals surface area contributed by atoms with E-state index in [2.05, 4.69) is 10.2 Å². The van der Waals surface area contributed by atoms with Crippen molar-refractivity contribution in [3.8, 4) is 11.5 Å². The van der Waals surface area contributed by atoms with Gasteiger partial charge in [0.05, 0.1) is 6.61 Å². The van der Waals surface area contributed by atoms with Crippen LogP contribution in [0.15, 0.2) is 18.2 Å². The van der Waals surface area contributed by atoms with Gasteiger partial charge in [-0.05, 0) is 32.2 Å². The van der Waals surface area contributed by atoms with Gasteiger partial charge >= 0.3 is 0 Å². The molecule has 5 heteroatoms. The zero-order chi connectivity index (χ0) is 14.3. The number of methoxy groups -OCH3 is 1. The zero-order valence-corrected chi connectivity index (χ0v) is 11.9. The van der Waals surface area contributed by atoms with Gasteiger partial charge in [-0.25, -0.2) is 0 Å². The van der Waals surface area contributed by atoms with Gasteiger partial charge in [-0.15, -0.1) is 0 Å². The largest absolute Gasteiger partial charge is 0.508 e. The lowest BCUT2D eigenvalue weighted by atomic mass is 10.1. The number of benzene rings is 1. The lowest BCUT2D eigenvalue weighted by Gasteiger charge is -2.20. The van der Waals surface area contributed by atoms with Crippen molar-refractivity contribution in [1.29, 1.82) is 0 Å². The molecule has 5 nitrogen and oxygen atoms in total. The van der Waals surface area contributed by atoms with E-state index in [-0.39, 0.29) is 17.5 Å². The Balaban J connectivity index is 2.38. The van der Waals surface area contributed by atoms with Gasteiger partial charge < -0.3 is 25.2 Å². The normalized spacial score (nSPS) is 12.8. The highest BCUT2D eigenvalue weighted by Gasteiger charge is 2.10. The number of likely N-dealkylation sites (N-methyl/N-ethyl adjacent to an activating group) is 1. The summed E-state index contributed by atoms with van der Waals surface area (Å²) in [5.41, 5.74) is 0.708. The van der Waals surface area contributed by atoms with Crippen LogP contribution in [0, 0.1) is 0 Å². The number of hydrogen-bond donors (Lipinski definition) is 3. The van der Waals surface area contributed by atoms with Gasteiger partial charge in [-0.3, -0.25) is 0 Å². The van der Waals surface area contributed by atoms with Crippen molar-refractivity contribution >= 4 is 0 Å². The van der Waals surface area contributed by atoms with Gasteiger partial charge in [0, 0.05) is 38.3 Å². The molecule has 0 radical (unpaired) electrons. The first-order chi connectivity index (χ1) is 9.04. The van der Waals surface area contributed by atoms with Gasteiger partial charge in [0.1, 0.15) is 11.5 Å². The van der Waals surface area contributed by atoms with Gasteiger partial charge in [-0.1, -0.05) is 0 Å². The van der Waals surface area contributed by atoms with Crippen LogP contribution in [0.4, 0.5) is 0 Å². The quantitative estimate of drug-likeness (QED) is 0.621. The van der Waals surface area contributed by atoms with Crippen molar-refractivity contribution < 1.29 is 14.9 Å². The van der Waals surface area contributed by atoms with Gasteiger partial charge in [0.25, 0.3) is 0 Å². The maximum atomic E-state index is 9.75. The van der Waals surface area contributed by atoms with Gasteiger partial charge in [0.15, 0.2) is 0 Å². The molecule has 1 rings (SSSR count). The molecule has 0 aliphatic carbocycles. The third-order valence-corrected chi connectivity index (χ3v) is 3.10. The SMILES string of the molecule is COCCN(C)CCNC(C)c1cc(O)ccc1O. The second kappa shape index (κ2) is 7.99. The fraction of sp³-hybridized carbons (Fsp3) is 0.571. The van der Waals surface area contributed by atoms with E-state index < -0.39 is 0 Å². The van der Waals surface area contributed by atoms with E-state index in [0.717, 1.165) is 26.2 Å². The van der Waals surface area contributed by atoms with E-state index in [9.17, 15) is 10.2 Å².